The van der Waals surface area contributed by atoms with Crippen LogP contribution < -0.4 is 10.1 Å². The third kappa shape index (κ3) is 6.02. The summed E-state index contributed by atoms with van der Waals surface area (Å²) in [5, 5.41) is 3.62. The SMILES string of the molecule is CC(C)(C)OCc1ccccc1-c1cn(C(=O)Nc2ccc(OC(F)(F)F)cc2)c2ccccc12. The van der Waals surface area contributed by atoms with E-state index >= 15 is 0 Å². The van der Waals surface area contributed by atoms with Gasteiger partial charge in [-0.05, 0) is 62.2 Å². The van der Waals surface area contributed by atoms with E-state index in [2.05, 4.69) is 10.1 Å². The number of hydrogen-bond donors (Lipinski definition) is 1. The highest BCUT2D eigenvalue weighted by Crippen LogP contribution is 2.34. The third-order valence-corrected chi connectivity index (χ3v) is 5.24. The summed E-state index contributed by atoms with van der Waals surface area (Å²) in [6, 6.07) is 20.0. The minimum atomic E-state index is -4.78. The highest BCUT2D eigenvalue weighted by molar-refractivity contribution is 6.04. The number of halogens is 3. The van der Waals surface area contributed by atoms with Crippen molar-refractivity contribution in [2.24, 2.45) is 0 Å². The molecule has 0 bridgehead atoms. The van der Waals surface area contributed by atoms with E-state index in [0.29, 0.717) is 17.8 Å². The number of carbonyl (C=O) groups excluding carboxylic acids is 1. The molecule has 0 saturated carbocycles. The molecule has 0 radical (unpaired) electrons. The standard InChI is InChI=1S/C27H25F3N2O3/c1-26(2,3)34-17-18-8-4-5-9-21(18)23-16-32(24-11-7-6-10-22(23)24)25(33)31-19-12-14-20(15-13-19)35-27(28,29)30/h4-16H,17H2,1-3H3,(H,31,33). The van der Waals surface area contributed by atoms with E-state index in [9.17, 15) is 18.0 Å². The Labute approximate surface area is 201 Å². The van der Waals surface area contributed by atoms with E-state index < -0.39 is 12.4 Å². The predicted molar refractivity (Wildman–Crippen MR) is 129 cm³/mol. The molecule has 0 aliphatic carbocycles. The van der Waals surface area contributed by atoms with Crippen LogP contribution in [0.25, 0.3) is 22.0 Å². The van der Waals surface area contributed by atoms with Crippen LogP contribution in [0.15, 0.2) is 79.0 Å². The predicted octanol–water partition coefficient (Wildman–Crippen LogP) is 7.60. The summed E-state index contributed by atoms with van der Waals surface area (Å²) in [5.41, 5.74) is 3.55. The minimum absolute atomic E-state index is 0.304. The van der Waals surface area contributed by atoms with Gasteiger partial charge in [0, 0.05) is 22.8 Å². The zero-order valence-corrected chi connectivity index (χ0v) is 19.5. The monoisotopic (exact) mass is 482 g/mol. The van der Waals surface area contributed by atoms with Gasteiger partial charge in [-0.25, -0.2) is 4.79 Å². The summed E-state index contributed by atoms with van der Waals surface area (Å²) in [7, 11) is 0. The van der Waals surface area contributed by atoms with Gasteiger partial charge in [-0.3, -0.25) is 4.57 Å². The van der Waals surface area contributed by atoms with Crippen LogP contribution in [0, 0.1) is 0 Å². The van der Waals surface area contributed by atoms with Crippen LogP contribution in [0.4, 0.5) is 23.7 Å². The molecule has 1 heterocycles. The molecule has 8 heteroatoms. The molecule has 0 aliphatic heterocycles. The fourth-order valence-corrected chi connectivity index (χ4v) is 3.69. The molecule has 5 nitrogen and oxygen atoms in total. The molecule has 182 valence electrons. The van der Waals surface area contributed by atoms with Crippen molar-refractivity contribution in [2.75, 3.05) is 5.32 Å². The number of alkyl halides is 3. The Morgan fingerprint density at radius 2 is 1.54 bits per heavy atom. The minimum Gasteiger partial charge on any atom is -0.406 e. The molecule has 0 unspecified atom stereocenters. The zero-order valence-electron chi connectivity index (χ0n) is 19.5. The van der Waals surface area contributed by atoms with Crippen LogP contribution in [-0.2, 0) is 11.3 Å². The molecule has 1 aromatic heterocycles. The number of benzene rings is 3. The fourth-order valence-electron chi connectivity index (χ4n) is 3.69. The van der Waals surface area contributed by atoms with Gasteiger partial charge in [0.2, 0.25) is 0 Å². The first-order chi connectivity index (χ1) is 16.5. The molecule has 3 aromatic carbocycles. The van der Waals surface area contributed by atoms with Crippen molar-refractivity contribution in [3.05, 3.63) is 84.6 Å². The number of rotatable bonds is 5. The number of fused-ring (bicyclic) bond motifs is 1. The van der Waals surface area contributed by atoms with Gasteiger partial charge >= 0.3 is 12.4 Å². The third-order valence-electron chi connectivity index (χ3n) is 5.24. The van der Waals surface area contributed by atoms with Crippen LogP contribution in [0.2, 0.25) is 0 Å². The van der Waals surface area contributed by atoms with Gasteiger partial charge in [-0.2, -0.15) is 0 Å². The second-order valence-electron chi connectivity index (χ2n) is 8.99. The lowest BCUT2D eigenvalue weighted by atomic mass is 9.99. The average Bonchev–Trinajstić information content (AvgIpc) is 3.17. The lowest BCUT2D eigenvalue weighted by Crippen LogP contribution is -2.19. The van der Waals surface area contributed by atoms with Gasteiger partial charge in [0.05, 0.1) is 17.7 Å². The van der Waals surface area contributed by atoms with Crippen LogP contribution >= 0.6 is 0 Å². The second-order valence-corrected chi connectivity index (χ2v) is 8.99. The number of aromatic nitrogens is 1. The molecular weight excluding hydrogens is 457 g/mol. The van der Waals surface area contributed by atoms with E-state index in [0.717, 1.165) is 34.2 Å². The molecule has 0 fully saturated rings. The van der Waals surface area contributed by atoms with Crippen molar-refractivity contribution in [2.45, 2.75) is 39.3 Å². The number of nitrogens with one attached hydrogen (secondary N) is 1. The lowest BCUT2D eigenvalue weighted by Gasteiger charge is -2.20. The van der Waals surface area contributed by atoms with Gasteiger partial charge in [0.1, 0.15) is 5.75 Å². The Kier molecular flexibility index (Phi) is 6.58. The van der Waals surface area contributed by atoms with Gasteiger partial charge in [0.15, 0.2) is 0 Å². The van der Waals surface area contributed by atoms with E-state index in [1.807, 2.05) is 69.3 Å². The van der Waals surface area contributed by atoms with Crippen LogP contribution in [-0.4, -0.2) is 22.6 Å². The largest absolute Gasteiger partial charge is 0.573 e. The van der Waals surface area contributed by atoms with Crippen molar-refractivity contribution < 1.29 is 27.4 Å². The van der Waals surface area contributed by atoms with Crippen molar-refractivity contribution >= 4 is 22.6 Å². The molecule has 1 N–H and O–H groups in total. The van der Waals surface area contributed by atoms with Crippen molar-refractivity contribution in [1.82, 2.24) is 4.57 Å². The lowest BCUT2D eigenvalue weighted by molar-refractivity contribution is -0.274. The van der Waals surface area contributed by atoms with E-state index in [1.54, 1.807) is 6.20 Å². The highest BCUT2D eigenvalue weighted by atomic mass is 19.4. The number of anilines is 1. The van der Waals surface area contributed by atoms with Gasteiger partial charge in [0.25, 0.3) is 0 Å². The second kappa shape index (κ2) is 9.46. The summed E-state index contributed by atoms with van der Waals surface area (Å²) in [4.78, 5) is 13.1. The van der Waals surface area contributed by atoms with E-state index in [-0.39, 0.29) is 11.4 Å². The molecule has 4 aromatic rings. The molecular formula is C27H25F3N2O3. The number of para-hydroxylation sites is 1. The van der Waals surface area contributed by atoms with Crippen LogP contribution in [0.3, 0.4) is 0 Å². The molecule has 0 atom stereocenters. The first-order valence-electron chi connectivity index (χ1n) is 11.0. The average molecular weight is 483 g/mol. The maximum absolute atomic E-state index is 13.1. The fraction of sp³-hybridized carbons (Fsp3) is 0.222. The van der Waals surface area contributed by atoms with E-state index in [4.69, 9.17) is 4.74 Å². The highest BCUT2D eigenvalue weighted by Gasteiger charge is 2.31. The number of hydrogen-bond acceptors (Lipinski definition) is 3. The molecule has 0 aliphatic rings. The number of ether oxygens (including phenoxy) is 2. The molecule has 0 saturated heterocycles. The first kappa shape index (κ1) is 24.3. The number of amides is 1. The van der Waals surface area contributed by atoms with Crippen molar-refractivity contribution in [3.8, 4) is 16.9 Å². The molecule has 1 amide bonds. The maximum Gasteiger partial charge on any atom is 0.573 e. The van der Waals surface area contributed by atoms with Crippen molar-refractivity contribution in [3.63, 3.8) is 0 Å². The van der Waals surface area contributed by atoms with Gasteiger partial charge in [-0.1, -0.05) is 42.5 Å². The Bertz CT molecular complexity index is 1340. The number of carbonyl (C=O) groups is 1. The Morgan fingerprint density at radius 1 is 0.886 bits per heavy atom. The van der Waals surface area contributed by atoms with Crippen molar-refractivity contribution in [1.29, 1.82) is 0 Å². The summed E-state index contributed by atoms with van der Waals surface area (Å²) >= 11 is 0. The summed E-state index contributed by atoms with van der Waals surface area (Å²) < 4.78 is 48.6. The number of nitrogens with zero attached hydrogens (tertiary/aromatic N) is 1. The molecule has 4 rings (SSSR count). The first-order valence-corrected chi connectivity index (χ1v) is 11.0. The summed E-state index contributed by atoms with van der Waals surface area (Å²) in [6.45, 7) is 6.40. The maximum atomic E-state index is 13.1. The normalized spacial score (nSPS) is 12.1. The Morgan fingerprint density at radius 3 is 2.23 bits per heavy atom. The molecule has 0 spiro atoms. The van der Waals surface area contributed by atoms with E-state index in [1.165, 1.54) is 16.7 Å². The summed E-state index contributed by atoms with van der Waals surface area (Å²) in [6.07, 6.45) is -3.02. The Hall–Kier alpha value is -3.78. The summed E-state index contributed by atoms with van der Waals surface area (Å²) in [5.74, 6) is -0.363. The Balaban J connectivity index is 1.65. The van der Waals surface area contributed by atoms with Gasteiger partial charge < -0.3 is 14.8 Å². The van der Waals surface area contributed by atoms with Gasteiger partial charge in [-0.15, -0.1) is 13.2 Å². The van der Waals surface area contributed by atoms with Crippen LogP contribution in [0.1, 0.15) is 26.3 Å². The quantitative estimate of drug-likeness (QED) is 0.319. The molecule has 35 heavy (non-hydrogen) atoms. The zero-order chi connectivity index (χ0) is 25.2. The topological polar surface area (TPSA) is 52.5 Å². The van der Waals surface area contributed by atoms with Crippen LogP contribution in [0.5, 0.6) is 5.75 Å². The smallest absolute Gasteiger partial charge is 0.406 e.